The fraction of sp³-hybridized carbons (Fsp3) is 0.269. The van der Waals surface area contributed by atoms with Gasteiger partial charge >= 0.3 is 6.18 Å². The lowest BCUT2D eigenvalue weighted by Crippen LogP contribution is -2.18. The van der Waals surface area contributed by atoms with Gasteiger partial charge < -0.3 is 19.5 Å². The maximum atomic E-state index is 13.5. The summed E-state index contributed by atoms with van der Waals surface area (Å²) in [5, 5.41) is 6.80. The summed E-state index contributed by atoms with van der Waals surface area (Å²) in [4.78, 5) is 25.9. The monoisotopic (exact) mass is 589 g/mol. The van der Waals surface area contributed by atoms with Gasteiger partial charge in [0.2, 0.25) is 11.8 Å². The predicted octanol–water partition coefficient (Wildman–Crippen LogP) is 5.22. The number of amides is 1. The normalized spacial score (nSPS) is 11.2. The van der Waals surface area contributed by atoms with Crippen LogP contribution in [0.3, 0.4) is 0 Å². The average molecular weight is 590 g/mol. The van der Waals surface area contributed by atoms with Crippen LogP contribution >= 0.6 is 11.9 Å². The molecule has 0 bridgehead atoms. The van der Waals surface area contributed by atoms with Gasteiger partial charge in [-0.3, -0.25) is 9.52 Å². The second-order valence-electron chi connectivity index (χ2n) is 8.38. The van der Waals surface area contributed by atoms with Gasteiger partial charge in [0.05, 0.1) is 21.3 Å². The second-order valence-corrected chi connectivity index (χ2v) is 9.45. The molecule has 11 nitrogen and oxygen atoms in total. The molecule has 0 aliphatic heterocycles. The van der Waals surface area contributed by atoms with Crippen LogP contribution in [-0.4, -0.2) is 57.7 Å². The average Bonchev–Trinajstić information content (AvgIpc) is 3.37. The Morgan fingerprint density at radius 1 is 1.00 bits per heavy atom. The standard InChI is InChI=1S/C26H26F3N7O4S/c1-6-41-35-23(37)19-8-15(12-30-24(19)40-5)20-13-31-25(32-16-9-17(38-3)11-18(10-16)39-4)33-22(20)36-14(2)7-21(34-36)26(27,28)29/h7-13H,6H2,1-5H3,(H,35,37)(H,31,32,33). The van der Waals surface area contributed by atoms with Crippen molar-refractivity contribution in [1.82, 2.24) is 29.5 Å². The van der Waals surface area contributed by atoms with Crippen LogP contribution in [0, 0.1) is 6.92 Å². The van der Waals surface area contributed by atoms with Crippen molar-refractivity contribution in [2.75, 3.05) is 32.4 Å². The maximum absolute atomic E-state index is 13.5. The number of nitrogens with zero attached hydrogens (tertiary/aromatic N) is 5. The van der Waals surface area contributed by atoms with E-state index in [1.165, 1.54) is 58.7 Å². The van der Waals surface area contributed by atoms with Crippen molar-refractivity contribution < 1.29 is 32.2 Å². The number of pyridine rings is 1. The van der Waals surface area contributed by atoms with Crippen LogP contribution in [0.2, 0.25) is 0 Å². The van der Waals surface area contributed by atoms with E-state index < -0.39 is 17.8 Å². The molecular formula is C26H26F3N7O4S. The Morgan fingerprint density at radius 2 is 1.71 bits per heavy atom. The number of hydrogen-bond donors (Lipinski definition) is 2. The number of alkyl halides is 3. The third-order valence-corrected chi connectivity index (χ3v) is 6.28. The minimum Gasteiger partial charge on any atom is -0.497 e. The summed E-state index contributed by atoms with van der Waals surface area (Å²) < 4.78 is 60.2. The first-order valence-electron chi connectivity index (χ1n) is 12.1. The zero-order chi connectivity index (χ0) is 29.7. The van der Waals surface area contributed by atoms with Crippen molar-refractivity contribution in [3.05, 3.63) is 59.7 Å². The first kappa shape index (κ1) is 29.5. The van der Waals surface area contributed by atoms with Gasteiger partial charge in [-0.15, -0.1) is 0 Å². The van der Waals surface area contributed by atoms with Crippen LogP contribution in [0.5, 0.6) is 17.4 Å². The Labute approximate surface area is 237 Å². The number of halogens is 3. The van der Waals surface area contributed by atoms with Gasteiger partial charge in [0, 0.05) is 58.9 Å². The third kappa shape index (κ3) is 6.62. The Bertz CT molecular complexity index is 1540. The fourth-order valence-electron chi connectivity index (χ4n) is 3.75. The molecule has 0 atom stereocenters. The summed E-state index contributed by atoms with van der Waals surface area (Å²) in [5.74, 6) is 1.33. The molecule has 0 radical (unpaired) electrons. The maximum Gasteiger partial charge on any atom is 0.435 e. The topological polar surface area (TPSA) is 125 Å². The van der Waals surface area contributed by atoms with Crippen LogP contribution in [0.15, 0.2) is 42.7 Å². The van der Waals surface area contributed by atoms with Gasteiger partial charge in [0.1, 0.15) is 17.1 Å². The molecule has 0 unspecified atom stereocenters. The SMILES string of the molecule is CCSNC(=O)c1cc(-c2cnc(Nc3cc(OC)cc(OC)c3)nc2-n2nc(C(F)(F)F)cc2C)cnc1OC. The Morgan fingerprint density at radius 3 is 2.29 bits per heavy atom. The molecule has 41 heavy (non-hydrogen) atoms. The van der Waals surface area contributed by atoms with E-state index in [4.69, 9.17) is 14.2 Å². The summed E-state index contributed by atoms with van der Waals surface area (Å²) in [6, 6.07) is 7.44. The largest absolute Gasteiger partial charge is 0.497 e. The Kier molecular flexibility index (Phi) is 8.86. The van der Waals surface area contributed by atoms with Crippen molar-refractivity contribution in [2.45, 2.75) is 20.0 Å². The summed E-state index contributed by atoms with van der Waals surface area (Å²) >= 11 is 1.19. The van der Waals surface area contributed by atoms with Crippen LogP contribution in [0.4, 0.5) is 24.8 Å². The van der Waals surface area contributed by atoms with Gasteiger partial charge in [0.25, 0.3) is 5.91 Å². The highest BCUT2D eigenvalue weighted by Gasteiger charge is 2.35. The van der Waals surface area contributed by atoms with Crippen molar-refractivity contribution in [3.8, 4) is 34.3 Å². The number of methoxy groups -OCH3 is 3. The first-order valence-corrected chi connectivity index (χ1v) is 13.0. The lowest BCUT2D eigenvalue weighted by Gasteiger charge is -2.15. The summed E-state index contributed by atoms with van der Waals surface area (Å²) in [6.07, 6.45) is -1.86. The number of ether oxygens (including phenoxy) is 3. The van der Waals surface area contributed by atoms with Crippen molar-refractivity contribution >= 4 is 29.5 Å². The molecule has 0 aliphatic carbocycles. The van der Waals surface area contributed by atoms with Crippen molar-refractivity contribution in [2.24, 2.45) is 0 Å². The smallest absolute Gasteiger partial charge is 0.435 e. The number of hydrogen-bond acceptors (Lipinski definition) is 10. The quantitative estimate of drug-likeness (QED) is 0.238. The highest BCUT2D eigenvalue weighted by Crippen LogP contribution is 2.34. The first-order chi connectivity index (χ1) is 19.6. The lowest BCUT2D eigenvalue weighted by molar-refractivity contribution is -0.141. The van der Waals surface area contributed by atoms with Crippen LogP contribution < -0.4 is 24.2 Å². The number of rotatable bonds is 10. The highest BCUT2D eigenvalue weighted by molar-refractivity contribution is 7.97. The number of nitrogens with one attached hydrogen (secondary N) is 2. The minimum absolute atomic E-state index is 0.0200. The van der Waals surface area contributed by atoms with E-state index in [-0.39, 0.29) is 34.5 Å². The van der Waals surface area contributed by atoms with E-state index in [0.29, 0.717) is 28.5 Å². The molecule has 1 aromatic carbocycles. The van der Waals surface area contributed by atoms with Crippen molar-refractivity contribution in [1.29, 1.82) is 0 Å². The number of aryl methyl sites for hydroxylation is 1. The van der Waals surface area contributed by atoms with E-state index >= 15 is 0 Å². The summed E-state index contributed by atoms with van der Waals surface area (Å²) in [7, 11) is 4.37. The Hall–Kier alpha value is -4.53. The number of benzene rings is 1. The molecule has 3 heterocycles. The summed E-state index contributed by atoms with van der Waals surface area (Å²) in [5.41, 5.74) is 0.333. The molecular weight excluding hydrogens is 563 g/mol. The molecule has 0 fully saturated rings. The molecule has 216 valence electrons. The molecule has 0 saturated heterocycles. The Balaban J connectivity index is 1.87. The number of aromatic nitrogens is 5. The molecule has 0 aliphatic rings. The number of carbonyl (C=O) groups is 1. The van der Waals surface area contributed by atoms with Crippen LogP contribution in [0.1, 0.15) is 28.7 Å². The number of carbonyl (C=O) groups excluding carboxylic acids is 1. The van der Waals surface area contributed by atoms with E-state index in [0.717, 1.165) is 10.7 Å². The predicted molar refractivity (Wildman–Crippen MR) is 147 cm³/mol. The molecule has 3 aromatic heterocycles. The molecule has 15 heteroatoms. The van der Waals surface area contributed by atoms with Gasteiger partial charge in [-0.2, -0.15) is 23.3 Å². The van der Waals surface area contributed by atoms with Crippen LogP contribution in [0.25, 0.3) is 16.9 Å². The van der Waals surface area contributed by atoms with Gasteiger partial charge in [0.15, 0.2) is 11.5 Å². The molecule has 0 saturated carbocycles. The third-order valence-electron chi connectivity index (χ3n) is 5.66. The van der Waals surface area contributed by atoms with Crippen LogP contribution in [-0.2, 0) is 6.18 Å². The fourth-order valence-corrected chi connectivity index (χ4v) is 4.14. The second kappa shape index (κ2) is 12.3. The van der Waals surface area contributed by atoms with E-state index in [1.54, 1.807) is 18.2 Å². The van der Waals surface area contributed by atoms with E-state index in [1.807, 2.05) is 6.92 Å². The highest BCUT2D eigenvalue weighted by atomic mass is 32.2. The molecule has 4 aromatic rings. The lowest BCUT2D eigenvalue weighted by atomic mass is 10.1. The van der Waals surface area contributed by atoms with E-state index in [2.05, 4.69) is 30.1 Å². The number of anilines is 2. The van der Waals surface area contributed by atoms with Gasteiger partial charge in [-0.25, -0.2) is 14.6 Å². The molecule has 0 spiro atoms. The van der Waals surface area contributed by atoms with Crippen molar-refractivity contribution in [3.63, 3.8) is 0 Å². The van der Waals surface area contributed by atoms with Gasteiger partial charge in [-0.1, -0.05) is 18.9 Å². The zero-order valence-electron chi connectivity index (χ0n) is 22.7. The molecule has 1 amide bonds. The zero-order valence-corrected chi connectivity index (χ0v) is 23.5. The van der Waals surface area contributed by atoms with E-state index in [9.17, 15) is 18.0 Å². The minimum atomic E-state index is -4.68. The molecule has 4 rings (SSSR count). The van der Waals surface area contributed by atoms with Gasteiger partial charge in [-0.05, 0) is 19.1 Å². The summed E-state index contributed by atoms with van der Waals surface area (Å²) in [6.45, 7) is 3.35. The molecule has 2 N–H and O–H groups in total.